The van der Waals surface area contributed by atoms with Gasteiger partial charge in [0.15, 0.2) is 0 Å². The van der Waals surface area contributed by atoms with Crippen LogP contribution in [0.3, 0.4) is 0 Å². The fourth-order valence-electron chi connectivity index (χ4n) is 4.49. The fourth-order valence-corrected chi connectivity index (χ4v) is 6.12. The van der Waals surface area contributed by atoms with Crippen LogP contribution >= 0.6 is 0 Å². The van der Waals surface area contributed by atoms with E-state index in [2.05, 4.69) is 10.2 Å². The second kappa shape index (κ2) is 9.79. The predicted octanol–water partition coefficient (Wildman–Crippen LogP) is 3.87. The van der Waals surface area contributed by atoms with E-state index in [4.69, 9.17) is 4.74 Å². The van der Waals surface area contributed by atoms with Gasteiger partial charge in [0.2, 0.25) is 10.0 Å². The van der Waals surface area contributed by atoms with Gasteiger partial charge >= 0.3 is 0 Å². The van der Waals surface area contributed by atoms with Crippen molar-refractivity contribution >= 4 is 27.3 Å². The van der Waals surface area contributed by atoms with E-state index in [-0.39, 0.29) is 35.8 Å². The zero-order valence-corrected chi connectivity index (χ0v) is 19.8. The maximum Gasteiger partial charge on any atom is 0.255 e. The molecule has 9 heteroatoms. The highest BCUT2D eigenvalue weighted by atomic mass is 32.2. The van der Waals surface area contributed by atoms with Crippen LogP contribution in [0.5, 0.6) is 0 Å². The number of rotatable bonds is 5. The number of halogens is 1. The number of ether oxygens (including phenoxy) is 1. The molecule has 0 aliphatic carbocycles. The van der Waals surface area contributed by atoms with E-state index in [0.29, 0.717) is 5.69 Å². The van der Waals surface area contributed by atoms with Gasteiger partial charge in [0, 0.05) is 31.7 Å². The quantitative estimate of drug-likeness (QED) is 0.710. The van der Waals surface area contributed by atoms with Crippen molar-refractivity contribution in [3.8, 4) is 0 Å². The van der Waals surface area contributed by atoms with Crippen LogP contribution < -0.4 is 10.2 Å². The van der Waals surface area contributed by atoms with E-state index < -0.39 is 21.7 Å². The maximum atomic E-state index is 14.0. The Labute approximate surface area is 194 Å². The van der Waals surface area contributed by atoms with Gasteiger partial charge in [-0.3, -0.25) is 4.79 Å². The van der Waals surface area contributed by atoms with Crippen molar-refractivity contribution in [3.63, 3.8) is 0 Å². The smallest absolute Gasteiger partial charge is 0.255 e. The number of carbonyl (C=O) groups is 1. The van der Waals surface area contributed by atoms with Gasteiger partial charge in [-0.25, -0.2) is 12.8 Å². The van der Waals surface area contributed by atoms with Crippen molar-refractivity contribution in [1.82, 2.24) is 4.31 Å². The lowest BCUT2D eigenvalue weighted by Gasteiger charge is -2.34. The molecule has 4 rings (SSSR count). The molecule has 1 N–H and O–H groups in total. The number of morpholine rings is 1. The minimum absolute atomic E-state index is 0.0481. The minimum Gasteiger partial charge on any atom is -0.373 e. The molecule has 0 spiro atoms. The van der Waals surface area contributed by atoms with Crippen LogP contribution in [-0.4, -0.2) is 57.0 Å². The molecule has 7 nitrogen and oxygen atoms in total. The molecular formula is C24H30FN3O4S. The summed E-state index contributed by atoms with van der Waals surface area (Å²) in [6, 6.07) is 10.3. The van der Waals surface area contributed by atoms with Crippen LogP contribution in [0.2, 0.25) is 0 Å². The van der Waals surface area contributed by atoms with Gasteiger partial charge in [-0.1, -0.05) is 6.07 Å². The molecule has 2 heterocycles. The van der Waals surface area contributed by atoms with E-state index in [1.807, 2.05) is 13.8 Å². The Hall–Kier alpha value is -2.49. The summed E-state index contributed by atoms with van der Waals surface area (Å²) < 4.78 is 47.4. The van der Waals surface area contributed by atoms with Crippen LogP contribution in [0.15, 0.2) is 47.4 Å². The maximum absolute atomic E-state index is 14.0. The van der Waals surface area contributed by atoms with Crippen molar-refractivity contribution in [2.24, 2.45) is 0 Å². The zero-order valence-electron chi connectivity index (χ0n) is 19.0. The monoisotopic (exact) mass is 475 g/mol. The highest BCUT2D eigenvalue weighted by molar-refractivity contribution is 7.89. The number of piperidine rings is 1. The summed E-state index contributed by atoms with van der Waals surface area (Å²) in [6.45, 7) is 5.87. The average Bonchev–Trinajstić information content (AvgIpc) is 2.79. The molecule has 2 aromatic rings. The van der Waals surface area contributed by atoms with Crippen molar-refractivity contribution in [3.05, 3.63) is 53.8 Å². The van der Waals surface area contributed by atoms with E-state index in [1.54, 1.807) is 18.2 Å². The third kappa shape index (κ3) is 5.37. The molecule has 2 aliphatic rings. The summed E-state index contributed by atoms with van der Waals surface area (Å²) in [6.07, 6.45) is 2.82. The molecule has 2 fully saturated rings. The number of sulfonamides is 1. The Morgan fingerprint density at radius 1 is 1.03 bits per heavy atom. The minimum atomic E-state index is -3.78. The predicted molar refractivity (Wildman–Crippen MR) is 126 cm³/mol. The lowest BCUT2D eigenvalue weighted by molar-refractivity contribution is -0.0440. The van der Waals surface area contributed by atoms with Crippen molar-refractivity contribution in [1.29, 1.82) is 0 Å². The van der Waals surface area contributed by atoms with Crippen LogP contribution in [0, 0.1) is 5.82 Å². The number of hydrogen-bond donors (Lipinski definition) is 1. The molecule has 178 valence electrons. The molecule has 2 unspecified atom stereocenters. The topological polar surface area (TPSA) is 79.0 Å². The number of carbonyl (C=O) groups excluding carboxylic acids is 1. The largest absolute Gasteiger partial charge is 0.373 e. The van der Waals surface area contributed by atoms with Crippen LogP contribution in [-0.2, 0) is 14.8 Å². The number of benzene rings is 2. The van der Waals surface area contributed by atoms with Gasteiger partial charge in [-0.15, -0.1) is 0 Å². The van der Waals surface area contributed by atoms with Gasteiger partial charge in [0.05, 0.1) is 28.5 Å². The Balaban J connectivity index is 1.57. The average molecular weight is 476 g/mol. The number of amides is 1. The van der Waals surface area contributed by atoms with Crippen molar-refractivity contribution in [2.75, 3.05) is 36.4 Å². The molecule has 2 aliphatic heterocycles. The van der Waals surface area contributed by atoms with Gasteiger partial charge in [0.1, 0.15) is 5.82 Å². The van der Waals surface area contributed by atoms with Gasteiger partial charge in [0.25, 0.3) is 5.91 Å². The highest BCUT2D eigenvalue weighted by Gasteiger charge is 2.32. The standard InChI is InChI=1S/C24H30FN3O4S/c1-17-15-28(16-18(2)32-17)33(30,31)21-8-6-7-19(13-21)24(29)26-22-14-20(25)9-10-23(22)27-11-4-3-5-12-27/h6-10,13-14,17-18H,3-5,11-12,15-16H2,1-2H3,(H,26,29). The first-order valence-corrected chi connectivity index (χ1v) is 12.8. The van der Waals surface area contributed by atoms with Crippen molar-refractivity contribution < 1.29 is 22.3 Å². The first-order valence-electron chi connectivity index (χ1n) is 11.4. The van der Waals surface area contributed by atoms with E-state index in [9.17, 15) is 17.6 Å². The molecule has 0 bridgehead atoms. The van der Waals surface area contributed by atoms with Crippen LogP contribution in [0.4, 0.5) is 15.8 Å². The molecule has 33 heavy (non-hydrogen) atoms. The van der Waals surface area contributed by atoms with E-state index in [1.165, 1.54) is 28.6 Å². The number of nitrogens with zero attached hydrogens (tertiary/aromatic N) is 2. The summed E-state index contributed by atoms with van der Waals surface area (Å²) in [4.78, 5) is 15.2. The third-order valence-corrected chi connectivity index (χ3v) is 7.85. The molecular weight excluding hydrogens is 445 g/mol. The van der Waals surface area contributed by atoms with Crippen LogP contribution in [0.25, 0.3) is 0 Å². The Morgan fingerprint density at radius 2 is 1.73 bits per heavy atom. The summed E-state index contributed by atoms with van der Waals surface area (Å²) in [7, 11) is -3.78. The number of anilines is 2. The zero-order chi connectivity index (χ0) is 23.6. The third-order valence-electron chi connectivity index (χ3n) is 6.02. The second-order valence-electron chi connectivity index (χ2n) is 8.77. The lowest BCUT2D eigenvalue weighted by atomic mass is 10.1. The first kappa shape index (κ1) is 23.7. The Kier molecular flexibility index (Phi) is 7.02. The number of hydrogen-bond acceptors (Lipinski definition) is 5. The van der Waals surface area contributed by atoms with Gasteiger partial charge in [-0.05, 0) is 69.5 Å². The second-order valence-corrected chi connectivity index (χ2v) is 10.7. The first-order chi connectivity index (χ1) is 15.7. The normalized spacial score (nSPS) is 22.2. The SMILES string of the molecule is CC1CN(S(=O)(=O)c2cccc(C(=O)Nc3cc(F)ccc3N3CCCCC3)c2)CC(C)O1. The summed E-state index contributed by atoms with van der Waals surface area (Å²) in [5, 5.41) is 2.79. The molecule has 0 radical (unpaired) electrons. The highest BCUT2D eigenvalue weighted by Crippen LogP contribution is 2.30. The van der Waals surface area contributed by atoms with Crippen molar-refractivity contribution in [2.45, 2.75) is 50.2 Å². The fraction of sp³-hybridized carbons (Fsp3) is 0.458. The molecule has 2 aromatic carbocycles. The Morgan fingerprint density at radius 3 is 2.42 bits per heavy atom. The van der Waals surface area contributed by atoms with Gasteiger partial charge < -0.3 is 15.0 Å². The van der Waals surface area contributed by atoms with E-state index in [0.717, 1.165) is 38.0 Å². The number of nitrogens with one attached hydrogen (secondary N) is 1. The van der Waals surface area contributed by atoms with Crippen LogP contribution in [0.1, 0.15) is 43.5 Å². The lowest BCUT2D eigenvalue weighted by Crippen LogP contribution is -2.48. The summed E-state index contributed by atoms with van der Waals surface area (Å²) in [5.74, 6) is -0.933. The molecule has 2 atom stereocenters. The molecule has 2 saturated heterocycles. The summed E-state index contributed by atoms with van der Waals surface area (Å²) in [5.41, 5.74) is 1.34. The molecule has 1 amide bonds. The Bertz CT molecular complexity index is 1110. The molecule has 0 aromatic heterocycles. The summed E-state index contributed by atoms with van der Waals surface area (Å²) >= 11 is 0. The van der Waals surface area contributed by atoms with Gasteiger partial charge in [-0.2, -0.15) is 4.31 Å². The van der Waals surface area contributed by atoms with E-state index >= 15 is 0 Å². The molecule has 0 saturated carbocycles.